The van der Waals surface area contributed by atoms with E-state index < -0.39 is 24.0 Å². The van der Waals surface area contributed by atoms with Crippen LogP contribution >= 0.6 is 0 Å². The Bertz CT molecular complexity index is 583. The Kier molecular flexibility index (Phi) is 8.67. The van der Waals surface area contributed by atoms with Gasteiger partial charge in [-0.1, -0.05) is 19.6 Å². The predicted octanol–water partition coefficient (Wildman–Crippen LogP) is 0.0547. The van der Waals surface area contributed by atoms with Gasteiger partial charge in [0.15, 0.2) is 0 Å². The first kappa shape index (κ1) is 22.0. The summed E-state index contributed by atoms with van der Waals surface area (Å²) in [6.45, 7) is 6.33. The Morgan fingerprint density at radius 2 is 1.73 bits per heavy atom. The molecular formula is C18H30N4O4. The van der Waals surface area contributed by atoms with Crippen LogP contribution < -0.4 is 10.8 Å². The number of piperazine rings is 1. The summed E-state index contributed by atoms with van der Waals surface area (Å²) in [7, 11) is 2.11. The molecule has 1 fully saturated rings. The monoisotopic (exact) mass is 366 g/mol. The van der Waals surface area contributed by atoms with Gasteiger partial charge in [-0.25, -0.2) is 5.48 Å². The molecule has 26 heavy (non-hydrogen) atoms. The van der Waals surface area contributed by atoms with Crippen molar-refractivity contribution >= 4 is 11.8 Å². The molecule has 1 aliphatic rings. The molecule has 2 rings (SSSR count). The Morgan fingerprint density at radius 1 is 1.15 bits per heavy atom. The van der Waals surface area contributed by atoms with E-state index in [-0.39, 0.29) is 7.43 Å². The zero-order valence-electron chi connectivity index (χ0n) is 14.6. The van der Waals surface area contributed by atoms with Crippen molar-refractivity contribution in [2.45, 2.75) is 33.0 Å². The normalized spacial score (nSPS) is 17.7. The highest BCUT2D eigenvalue weighted by Gasteiger charge is 2.25. The first-order chi connectivity index (χ1) is 11.9. The van der Waals surface area contributed by atoms with Crippen LogP contribution in [0.2, 0.25) is 0 Å². The van der Waals surface area contributed by atoms with Gasteiger partial charge in [-0.15, -0.1) is 0 Å². The number of benzene rings is 1. The van der Waals surface area contributed by atoms with Gasteiger partial charge in [-0.3, -0.25) is 19.7 Å². The molecular weight excluding hydrogens is 336 g/mol. The van der Waals surface area contributed by atoms with E-state index in [2.05, 4.69) is 22.2 Å². The third-order valence-corrected chi connectivity index (χ3v) is 4.38. The zero-order valence-corrected chi connectivity index (χ0v) is 14.6. The van der Waals surface area contributed by atoms with Crippen LogP contribution in [0.25, 0.3) is 0 Å². The lowest BCUT2D eigenvalue weighted by Crippen LogP contribution is -2.51. The molecule has 1 aliphatic heterocycles. The lowest BCUT2D eigenvalue weighted by Gasteiger charge is -2.32. The van der Waals surface area contributed by atoms with Gasteiger partial charge in [0, 0.05) is 38.3 Å². The van der Waals surface area contributed by atoms with Crippen molar-refractivity contribution in [2.24, 2.45) is 0 Å². The van der Waals surface area contributed by atoms with Gasteiger partial charge in [0.2, 0.25) is 0 Å². The number of amides is 2. The fraction of sp³-hybridized carbons (Fsp3) is 0.556. The average Bonchev–Trinajstić information content (AvgIpc) is 2.61. The molecule has 0 spiro atoms. The number of nitrogens with one attached hydrogen (secondary N) is 2. The summed E-state index contributed by atoms with van der Waals surface area (Å²) in [5.74, 6) is -1.35. The molecule has 0 aliphatic carbocycles. The van der Waals surface area contributed by atoms with Crippen LogP contribution in [-0.2, 0) is 11.3 Å². The van der Waals surface area contributed by atoms with Crippen molar-refractivity contribution in [1.82, 2.24) is 20.6 Å². The number of hydrogen-bond donors (Lipinski definition) is 4. The highest BCUT2D eigenvalue weighted by Crippen LogP contribution is 2.10. The summed E-state index contributed by atoms with van der Waals surface area (Å²) in [6, 6.07) is 5.93. The fourth-order valence-corrected chi connectivity index (χ4v) is 2.73. The molecule has 1 heterocycles. The van der Waals surface area contributed by atoms with E-state index in [4.69, 9.17) is 5.21 Å². The maximum atomic E-state index is 12.2. The van der Waals surface area contributed by atoms with E-state index in [1.165, 1.54) is 12.4 Å². The van der Waals surface area contributed by atoms with Crippen LogP contribution in [0, 0.1) is 0 Å². The van der Waals surface area contributed by atoms with Crippen molar-refractivity contribution in [3.8, 4) is 0 Å². The summed E-state index contributed by atoms with van der Waals surface area (Å²) in [6.07, 6.45) is -1.13. The summed E-state index contributed by atoms with van der Waals surface area (Å²) in [4.78, 5) is 28.4. The Morgan fingerprint density at radius 3 is 2.23 bits per heavy atom. The average molecular weight is 366 g/mol. The van der Waals surface area contributed by atoms with Crippen molar-refractivity contribution < 1.29 is 19.9 Å². The minimum Gasteiger partial charge on any atom is -0.391 e. The predicted molar refractivity (Wildman–Crippen MR) is 98.8 cm³/mol. The quantitative estimate of drug-likeness (QED) is 0.419. The lowest BCUT2D eigenvalue weighted by atomic mass is 10.1. The molecule has 8 heteroatoms. The second-order valence-electron chi connectivity index (χ2n) is 6.44. The molecule has 1 saturated heterocycles. The highest BCUT2D eigenvalue weighted by atomic mass is 16.5. The molecule has 0 saturated carbocycles. The van der Waals surface area contributed by atoms with E-state index in [9.17, 15) is 14.7 Å². The van der Waals surface area contributed by atoms with Crippen molar-refractivity contribution in [3.05, 3.63) is 35.4 Å². The lowest BCUT2D eigenvalue weighted by molar-refractivity contribution is -0.133. The number of rotatable bonds is 6. The van der Waals surface area contributed by atoms with Gasteiger partial charge in [0.1, 0.15) is 6.04 Å². The molecule has 2 atom stereocenters. The fourth-order valence-electron chi connectivity index (χ4n) is 2.73. The second kappa shape index (κ2) is 10.2. The van der Waals surface area contributed by atoms with Crippen LogP contribution in [0.4, 0.5) is 0 Å². The van der Waals surface area contributed by atoms with Crippen LogP contribution in [0.3, 0.4) is 0 Å². The highest BCUT2D eigenvalue weighted by molar-refractivity contribution is 5.97. The molecule has 4 N–H and O–H groups in total. The molecule has 8 nitrogen and oxygen atoms in total. The van der Waals surface area contributed by atoms with E-state index in [0.29, 0.717) is 5.56 Å². The Hall–Kier alpha value is -2.00. The number of aliphatic hydroxyl groups excluding tert-OH is 1. The Labute approximate surface area is 154 Å². The van der Waals surface area contributed by atoms with E-state index in [1.54, 1.807) is 12.1 Å². The number of likely N-dealkylation sites (N-methyl/N-ethyl adjacent to an activating group) is 1. The number of hydrogen-bond acceptors (Lipinski definition) is 6. The Balaban J connectivity index is 0.00000338. The third-order valence-electron chi connectivity index (χ3n) is 4.38. The summed E-state index contributed by atoms with van der Waals surface area (Å²) in [5, 5.41) is 20.6. The zero-order chi connectivity index (χ0) is 18.4. The SMILES string of the molecule is C.C[C@@H](O)[C@H](NC(=O)c1ccc(CN2CCN(C)CC2)cc1)C(=O)NO. The number of carbonyl (C=O) groups is 2. The van der Waals surface area contributed by atoms with Gasteiger partial charge in [-0.05, 0) is 31.7 Å². The topological polar surface area (TPSA) is 105 Å². The van der Waals surface area contributed by atoms with E-state index in [0.717, 1.165) is 38.3 Å². The van der Waals surface area contributed by atoms with Crippen molar-refractivity contribution in [1.29, 1.82) is 0 Å². The van der Waals surface area contributed by atoms with Crippen LogP contribution in [0.5, 0.6) is 0 Å². The maximum Gasteiger partial charge on any atom is 0.268 e. The molecule has 0 bridgehead atoms. The first-order valence-corrected chi connectivity index (χ1v) is 8.33. The third kappa shape index (κ3) is 6.06. The molecule has 0 radical (unpaired) electrons. The maximum absolute atomic E-state index is 12.2. The van der Waals surface area contributed by atoms with Gasteiger partial charge in [0.25, 0.3) is 11.8 Å². The summed E-state index contributed by atoms with van der Waals surface area (Å²) >= 11 is 0. The second-order valence-corrected chi connectivity index (χ2v) is 6.44. The van der Waals surface area contributed by atoms with Gasteiger partial charge in [0.05, 0.1) is 6.10 Å². The molecule has 1 aromatic rings. The standard InChI is InChI=1S/C17H26N4O4.CH4/c1-12(22)15(17(24)19-25)18-16(23)14-5-3-13(4-6-14)11-21-9-7-20(2)8-10-21;/h3-6,12,15,22,25H,7-11H2,1-2H3,(H,18,23)(H,19,24);1H4/t12-,15+;/m1./s1. The minimum atomic E-state index is -1.22. The molecule has 0 aromatic heterocycles. The van der Waals surface area contributed by atoms with Crippen molar-refractivity contribution in [2.75, 3.05) is 33.2 Å². The van der Waals surface area contributed by atoms with Gasteiger partial charge >= 0.3 is 0 Å². The molecule has 146 valence electrons. The molecule has 1 aromatic carbocycles. The minimum absolute atomic E-state index is 0. The first-order valence-electron chi connectivity index (χ1n) is 8.33. The van der Waals surface area contributed by atoms with Gasteiger partial charge < -0.3 is 15.3 Å². The van der Waals surface area contributed by atoms with E-state index in [1.807, 2.05) is 12.1 Å². The van der Waals surface area contributed by atoms with Crippen LogP contribution in [-0.4, -0.2) is 77.3 Å². The molecule has 2 amide bonds. The number of carbonyl (C=O) groups excluding carboxylic acids is 2. The van der Waals surface area contributed by atoms with Crippen LogP contribution in [0.1, 0.15) is 30.3 Å². The van der Waals surface area contributed by atoms with Gasteiger partial charge in [-0.2, -0.15) is 0 Å². The van der Waals surface area contributed by atoms with Crippen LogP contribution in [0.15, 0.2) is 24.3 Å². The smallest absolute Gasteiger partial charge is 0.268 e. The van der Waals surface area contributed by atoms with Crippen molar-refractivity contribution in [3.63, 3.8) is 0 Å². The summed E-state index contributed by atoms with van der Waals surface area (Å²) in [5.41, 5.74) is 2.94. The van der Waals surface area contributed by atoms with E-state index >= 15 is 0 Å². The number of hydroxylamine groups is 1. The number of nitrogens with zero attached hydrogens (tertiary/aromatic N) is 2. The number of aliphatic hydroxyl groups is 1. The summed E-state index contributed by atoms with van der Waals surface area (Å²) < 4.78 is 0. The largest absolute Gasteiger partial charge is 0.391 e. The molecule has 0 unspecified atom stereocenters.